The van der Waals surface area contributed by atoms with E-state index < -0.39 is 5.97 Å². The largest absolute Gasteiger partial charge is 0.496 e. The number of oxime groups is 1. The number of thioether (sulfide) groups is 1. The van der Waals surface area contributed by atoms with E-state index in [-0.39, 0.29) is 5.78 Å². The van der Waals surface area contributed by atoms with Crippen LogP contribution in [0.2, 0.25) is 5.02 Å². The third kappa shape index (κ3) is 7.76. The molecule has 5 aromatic rings. The smallest absolute Gasteiger partial charge is 0.331 e. The zero-order chi connectivity index (χ0) is 31.8. The van der Waals surface area contributed by atoms with Crippen molar-refractivity contribution in [1.82, 2.24) is 4.57 Å². The Morgan fingerprint density at radius 2 is 1.60 bits per heavy atom. The molecule has 232 valence electrons. The van der Waals surface area contributed by atoms with Crippen LogP contribution < -0.4 is 4.74 Å². The summed E-state index contributed by atoms with van der Waals surface area (Å²) in [6, 6.07) is 26.9. The fourth-order valence-electron chi connectivity index (χ4n) is 5.28. The maximum atomic E-state index is 13.6. The molecule has 0 aliphatic carbocycles. The van der Waals surface area contributed by atoms with E-state index in [1.165, 1.54) is 6.92 Å². The van der Waals surface area contributed by atoms with E-state index in [1.54, 1.807) is 31.0 Å². The monoisotopic (exact) mass is 642 g/mol. The van der Waals surface area contributed by atoms with Crippen LogP contribution in [0.3, 0.4) is 0 Å². The number of carbonyl (C=O) groups is 2. The fraction of sp³-hybridized carbons (Fsp3) is 0.250. The first-order valence-corrected chi connectivity index (χ1v) is 16.2. The number of para-hydroxylation sites is 1. The summed E-state index contributed by atoms with van der Waals surface area (Å²) < 4.78 is 13.4. The third-order valence-electron chi connectivity index (χ3n) is 7.40. The predicted octanol–water partition coefficient (Wildman–Crippen LogP) is 8.56. The Balaban J connectivity index is 1.51. The number of ether oxygens (including phenoxy) is 2. The standard InChI is InChI=1S/C36H35ClN2O5S/c1-4-43-20-19-39-33-17-11-25(32(38-44-24(2)40)9-7-21-45-28-15-13-27(37)14-16-28)22-30(33)31-23-26(12-18-34(31)39)36(41)29-8-5-6-10-35(29)42-3/h5-6,8,10-18,22-23H,4,7,9,19-21H2,1-3H3. The minimum absolute atomic E-state index is 0.115. The summed E-state index contributed by atoms with van der Waals surface area (Å²) in [7, 11) is 1.56. The summed E-state index contributed by atoms with van der Waals surface area (Å²) in [4.78, 5) is 31.6. The van der Waals surface area contributed by atoms with Crippen LogP contribution in [0.1, 0.15) is 48.2 Å². The van der Waals surface area contributed by atoms with Gasteiger partial charge in [0.05, 0.1) is 25.0 Å². The molecule has 4 aromatic carbocycles. The summed E-state index contributed by atoms with van der Waals surface area (Å²) in [5.74, 6) is 0.797. The Morgan fingerprint density at radius 3 is 2.29 bits per heavy atom. The van der Waals surface area contributed by atoms with Crippen molar-refractivity contribution in [2.24, 2.45) is 5.16 Å². The quantitative estimate of drug-likeness (QED) is 0.0302. The van der Waals surface area contributed by atoms with Gasteiger partial charge in [-0.3, -0.25) is 4.79 Å². The summed E-state index contributed by atoms with van der Waals surface area (Å²) in [6.07, 6.45) is 1.43. The van der Waals surface area contributed by atoms with E-state index >= 15 is 0 Å². The molecule has 0 unspecified atom stereocenters. The molecule has 1 aromatic heterocycles. The van der Waals surface area contributed by atoms with E-state index in [9.17, 15) is 9.59 Å². The molecule has 7 nitrogen and oxygen atoms in total. The number of methoxy groups -OCH3 is 1. The third-order valence-corrected chi connectivity index (χ3v) is 8.75. The molecule has 0 aliphatic rings. The van der Waals surface area contributed by atoms with Gasteiger partial charge in [0.2, 0.25) is 0 Å². The van der Waals surface area contributed by atoms with Gasteiger partial charge >= 0.3 is 5.97 Å². The van der Waals surface area contributed by atoms with Crippen LogP contribution in [0.4, 0.5) is 0 Å². The number of hydrogen-bond donors (Lipinski definition) is 0. The van der Waals surface area contributed by atoms with Gasteiger partial charge in [-0.2, -0.15) is 0 Å². The van der Waals surface area contributed by atoms with Crippen molar-refractivity contribution in [3.8, 4) is 5.75 Å². The van der Waals surface area contributed by atoms with Gasteiger partial charge in [-0.25, -0.2) is 4.79 Å². The first-order chi connectivity index (χ1) is 21.9. The molecule has 0 saturated carbocycles. The molecule has 0 aliphatic heterocycles. The van der Waals surface area contributed by atoms with Crippen LogP contribution >= 0.6 is 23.4 Å². The second kappa shape index (κ2) is 15.3. The van der Waals surface area contributed by atoms with E-state index in [1.807, 2.05) is 67.6 Å². The first kappa shape index (κ1) is 32.3. The lowest BCUT2D eigenvalue weighted by molar-refractivity contribution is -0.140. The minimum Gasteiger partial charge on any atom is -0.496 e. The van der Waals surface area contributed by atoms with Crippen molar-refractivity contribution in [3.63, 3.8) is 0 Å². The van der Waals surface area contributed by atoms with E-state index in [0.29, 0.717) is 53.8 Å². The predicted molar refractivity (Wildman–Crippen MR) is 182 cm³/mol. The molecule has 0 atom stereocenters. The molecule has 0 spiro atoms. The Kier molecular flexibility index (Phi) is 10.9. The highest BCUT2D eigenvalue weighted by Crippen LogP contribution is 2.33. The SMILES string of the molecule is CCOCCn1c2ccc(C(=O)c3ccccc3OC)cc2c2cc(C(CCCSc3ccc(Cl)cc3)=NOC(C)=O)ccc21. The highest BCUT2D eigenvalue weighted by molar-refractivity contribution is 7.99. The molecular formula is C36H35ClN2O5S. The molecule has 0 fully saturated rings. The average Bonchev–Trinajstić information content (AvgIpc) is 3.36. The normalized spacial score (nSPS) is 11.7. The number of hydrogen-bond acceptors (Lipinski definition) is 7. The van der Waals surface area contributed by atoms with E-state index in [2.05, 4.69) is 21.9 Å². The van der Waals surface area contributed by atoms with E-state index in [4.69, 9.17) is 25.9 Å². The molecule has 9 heteroatoms. The van der Waals surface area contributed by atoms with Crippen LogP contribution in [0.25, 0.3) is 21.8 Å². The molecule has 0 amide bonds. The number of aromatic nitrogens is 1. The van der Waals surface area contributed by atoms with Crippen LogP contribution in [0.5, 0.6) is 5.75 Å². The zero-order valence-corrected chi connectivity index (χ0v) is 27.1. The topological polar surface area (TPSA) is 79.1 Å². The maximum Gasteiger partial charge on any atom is 0.331 e. The molecule has 0 radical (unpaired) electrons. The second-order valence-electron chi connectivity index (χ2n) is 10.4. The lowest BCUT2D eigenvalue weighted by atomic mass is 9.99. The van der Waals surface area contributed by atoms with Crippen molar-refractivity contribution in [2.45, 2.75) is 38.1 Å². The summed E-state index contributed by atoms with van der Waals surface area (Å²) in [6.45, 7) is 5.16. The Bertz CT molecular complexity index is 1850. The van der Waals surface area contributed by atoms with Gasteiger partial charge < -0.3 is 18.9 Å². The van der Waals surface area contributed by atoms with Crippen LogP contribution in [0.15, 0.2) is 95.0 Å². The Hall–Kier alpha value is -4.11. The van der Waals surface area contributed by atoms with Gasteiger partial charge in [0.25, 0.3) is 0 Å². The van der Waals surface area contributed by atoms with Crippen LogP contribution in [-0.4, -0.2) is 48.1 Å². The second-order valence-corrected chi connectivity index (χ2v) is 12.0. The van der Waals surface area contributed by atoms with Crippen molar-refractivity contribution in [3.05, 3.63) is 107 Å². The number of benzene rings is 4. The molecule has 0 bridgehead atoms. The van der Waals surface area contributed by atoms with Gasteiger partial charge in [0.1, 0.15) is 5.75 Å². The van der Waals surface area contributed by atoms with Crippen molar-refractivity contribution in [1.29, 1.82) is 0 Å². The van der Waals surface area contributed by atoms with Crippen LogP contribution in [-0.2, 0) is 20.9 Å². The van der Waals surface area contributed by atoms with Gasteiger partial charge in [0.15, 0.2) is 5.78 Å². The van der Waals surface area contributed by atoms with Crippen molar-refractivity contribution >= 4 is 62.6 Å². The fourth-order valence-corrected chi connectivity index (χ4v) is 6.26. The zero-order valence-electron chi connectivity index (χ0n) is 25.5. The number of nitrogens with zero attached hydrogens (tertiary/aromatic N) is 2. The summed E-state index contributed by atoms with van der Waals surface area (Å²) in [5.41, 5.74) is 4.62. The Labute approximate surface area is 272 Å². The Morgan fingerprint density at radius 1 is 0.911 bits per heavy atom. The molecule has 1 heterocycles. The summed E-state index contributed by atoms with van der Waals surface area (Å²) in [5, 5.41) is 6.87. The molecule has 0 saturated heterocycles. The number of ketones is 1. The average molecular weight is 643 g/mol. The lowest BCUT2D eigenvalue weighted by Crippen LogP contribution is -2.07. The van der Waals surface area contributed by atoms with Crippen LogP contribution in [0, 0.1) is 0 Å². The van der Waals surface area contributed by atoms with E-state index in [0.717, 1.165) is 44.4 Å². The van der Waals surface area contributed by atoms with Gasteiger partial charge in [-0.1, -0.05) is 35.0 Å². The first-order valence-electron chi connectivity index (χ1n) is 14.8. The highest BCUT2D eigenvalue weighted by Gasteiger charge is 2.18. The van der Waals surface area contributed by atoms with Crippen molar-refractivity contribution < 1.29 is 23.9 Å². The highest BCUT2D eigenvalue weighted by atomic mass is 35.5. The summed E-state index contributed by atoms with van der Waals surface area (Å²) >= 11 is 7.76. The number of carbonyl (C=O) groups excluding carboxylic acids is 2. The van der Waals surface area contributed by atoms with Gasteiger partial charge in [-0.05, 0) is 92.2 Å². The van der Waals surface area contributed by atoms with Gasteiger partial charge in [0, 0.05) is 62.9 Å². The lowest BCUT2D eigenvalue weighted by Gasteiger charge is -2.09. The minimum atomic E-state index is -0.476. The van der Waals surface area contributed by atoms with Crippen molar-refractivity contribution in [2.75, 3.05) is 26.1 Å². The molecule has 5 rings (SSSR count). The number of halogens is 1. The number of fused-ring (bicyclic) bond motifs is 3. The van der Waals surface area contributed by atoms with Gasteiger partial charge in [-0.15, -0.1) is 11.8 Å². The maximum absolute atomic E-state index is 13.6. The molecule has 0 N–H and O–H groups in total. The molecule has 45 heavy (non-hydrogen) atoms. The number of rotatable bonds is 14. The molecular weight excluding hydrogens is 608 g/mol.